The molecule has 3 aromatic rings. The zero-order valence-corrected chi connectivity index (χ0v) is 16.0. The van der Waals surface area contributed by atoms with Crippen LogP contribution in [-0.4, -0.2) is 49.1 Å². The quantitative estimate of drug-likeness (QED) is 0.623. The second-order valence-corrected chi connectivity index (χ2v) is 7.06. The predicted octanol–water partition coefficient (Wildman–Crippen LogP) is 3.31. The number of ether oxygens (including phenoxy) is 1. The van der Waals surface area contributed by atoms with Crippen LogP contribution in [0.4, 0.5) is 6.01 Å². The summed E-state index contributed by atoms with van der Waals surface area (Å²) in [7, 11) is 1.65. The smallest absolute Gasteiger partial charge is 0.298 e. The number of para-hydroxylation sites is 2. The SMILES string of the molecule is COCCN(Cc1ccco1)C(=O)C1CCN(c2nc3ccccc3o2)CC1. The third-order valence-electron chi connectivity index (χ3n) is 5.20. The maximum Gasteiger partial charge on any atom is 0.298 e. The van der Waals surface area contributed by atoms with E-state index in [4.69, 9.17) is 13.6 Å². The normalized spacial score (nSPS) is 15.2. The average Bonchev–Trinajstić information content (AvgIpc) is 3.40. The van der Waals surface area contributed by atoms with E-state index in [-0.39, 0.29) is 11.8 Å². The number of piperidine rings is 1. The van der Waals surface area contributed by atoms with E-state index in [0.29, 0.717) is 25.7 Å². The predicted molar refractivity (Wildman–Crippen MR) is 105 cm³/mol. The molecule has 1 fully saturated rings. The lowest BCUT2D eigenvalue weighted by molar-refractivity contribution is -0.137. The first-order valence-corrected chi connectivity index (χ1v) is 9.65. The summed E-state index contributed by atoms with van der Waals surface area (Å²) < 4.78 is 16.5. The molecule has 0 saturated carbocycles. The van der Waals surface area contributed by atoms with Crippen molar-refractivity contribution in [3.05, 3.63) is 48.4 Å². The van der Waals surface area contributed by atoms with E-state index in [1.165, 1.54) is 0 Å². The summed E-state index contributed by atoms with van der Waals surface area (Å²) in [6, 6.07) is 12.1. The van der Waals surface area contributed by atoms with Crippen LogP contribution in [0.15, 0.2) is 51.5 Å². The minimum atomic E-state index is -0.00699. The Kier molecular flexibility index (Phi) is 5.62. The first-order valence-electron chi connectivity index (χ1n) is 9.65. The molecular formula is C21H25N3O4. The number of rotatable bonds is 7. The van der Waals surface area contributed by atoms with Crippen molar-refractivity contribution in [1.82, 2.24) is 9.88 Å². The highest BCUT2D eigenvalue weighted by Crippen LogP contribution is 2.27. The number of hydrogen-bond donors (Lipinski definition) is 0. The Morgan fingerprint density at radius 1 is 1.25 bits per heavy atom. The second kappa shape index (κ2) is 8.48. The molecule has 1 aliphatic rings. The van der Waals surface area contributed by atoms with Gasteiger partial charge in [-0.05, 0) is 37.1 Å². The summed E-state index contributed by atoms with van der Waals surface area (Å²) in [6.07, 6.45) is 3.19. The first-order chi connectivity index (χ1) is 13.7. The van der Waals surface area contributed by atoms with E-state index >= 15 is 0 Å². The molecule has 2 aromatic heterocycles. The topological polar surface area (TPSA) is 72.0 Å². The Morgan fingerprint density at radius 2 is 2.07 bits per heavy atom. The van der Waals surface area contributed by atoms with Gasteiger partial charge in [-0.2, -0.15) is 4.98 Å². The van der Waals surface area contributed by atoms with E-state index in [2.05, 4.69) is 9.88 Å². The van der Waals surface area contributed by atoms with Crippen molar-refractivity contribution in [3.8, 4) is 0 Å². The third-order valence-corrected chi connectivity index (χ3v) is 5.20. The Balaban J connectivity index is 1.38. The van der Waals surface area contributed by atoms with Gasteiger partial charge in [0, 0.05) is 32.7 Å². The fraction of sp³-hybridized carbons (Fsp3) is 0.429. The minimum Gasteiger partial charge on any atom is -0.467 e. The van der Waals surface area contributed by atoms with Gasteiger partial charge in [-0.3, -0.25) is 4.79 Å². The number of benzene rings is 1. The average molecular weight is 383 g/mol. The molecule has 7 nitrogen and oxygen atoms in total. The molecule has 0 unspecified atom stereocenters. The summed E-state index contributed by atoms with van der Waals surface area (Å²) in [5, 5.41) is 0. The van der Waals surface area contributed by atoms with Crippen LogP contribution in [0.25, 0.3) is 11.1 Å². The number of oxazole rings is 1. The molecule has 7 heteroatoms. The lowest BCUT2D eigenvalue weighted by Crippen LogP contribution is -2.43. The van der Waals surface area contributed by atoms with Crippen molar-refractivity contribution in [2.24, 2.45) is 5.92 Å². The standard InChI is InChI=1S/C21H25N3O4/c1-26-14-12-24(15-17-5-4-13-27-17)20(25)16-8-10-23(11-9-16)21-22-18-6-2-3-7-19(18)28-21/h2-7,13,16H,8-12,14-15H2,1H3. The third kappa shape index (κ3) is 4.04. The van der Waals surface area contributed by atoms with Gasteiger partial charge in [-0.15, -0.1) is 0 Å². The summed E-state index contributed by atoms with van der Waals surface area (Å²) in [4.78, 5) is 21.6. The van der Waals surface area contributed by atoms with E-state index in [1.807, 2.05) is 41.3 Å². The van der Waals surface area contributed by atoms with Gasteiger partial charge in [0.15, 0.2) is 5.58 Å². The highest BCUT2D eigenvalue weighted by molar-refractivity contribution is 5.79. The van der Waals surface area contributed by atoms with Gasteiger partial charge in [0.1, 0.15) is 11.3 Å². The number of nitrogens with zero attached hydrogens (tertiary/aromatic N) is 3. The van der Waals surface area contributed by atoms with Crippen LogP contribution in [0.5, 0.6) is 0 Å². The Labute approximate surface area is 163 Å². The summed E-state index contributed by atoms with van der Waals surface area (Å²) in [5.74, 6) is 0.937. The van der Waals surface area contributed by atoms with E-state index in [0.717, 1.165) is 42.8 Å². The van der Waals surface area contributed by atoms with Crippen LogP contribution in [-0.2, 0) is 16.1 Å². The molecule has 0 spiro atoms. The molecule has 1 amide bonds. The Bertz CT molecular complexity index is 864. The molecule has 28 heavy (non-hydrogen) atoms. The van der Waals surface area contributed by atoms with E-state index in [9.17, 15) is 4.79 Å². The van der Waals surface area contributed by atoms with Crippen LogP contribution >= 0.6 is 0 Å². The van der Waals surface area contributed by atoms with Gasteiger partial charge in [0.2, 0.25) is 5.91 Å². The van der Waals surface area contributed by atoms with Crippen molar-refractivity contribution >= 4 is 23.0 Å². The Hall–Kier alpha value is -2.80. The maximum absolute atomic E-state index is 13.1. The number of carbonyl (C=O) groups is 1. The van der Waals surface area contributed by atoms with E-state index in [1.54, 1.807) is 13.4 Å². The number of methoxy groups -OCH3 is 1. The molecule has 3 heterocycles. The number of carbonyl (C=O) groups excluding carboxylic acids is 1. The largest absolute Gasteiger partial charge is 0.467 e. The van der Waals surface area contributed by atoms with E-state index < -0.39 is 0 Å². The molecule has 0 N–H and O–H groups in total. The van der Waals surface area contributed by atoms with Crippen LogP contribution < -0.4 is 4.90 Å². The van der Waals surface area contributed by atoms with Crippen molar-refractivity contribution in [3.63, 3.8) is 0 Å². The van der Waals surface area contributed by atoms with Crippen molar-refractivity contribution in [2.45, 2.75) is 19.4 Å². The van der Waals surface area contributed by atoms with Gasteiger partial charge >= 0.3 is 0 Å². The number of anilines is 1. The Morgan fingerprint density at radius 3 is 2.79 bits per heavy atom. The summed E-state index contributed by atoms with van der Waals surface area (Å²) in [6.45, 7) is 3.04. The van der Waals surface area contributed by atoms with Crippen molar-refractivity contribution in [1.29, 1.82) is 0 Å². The minimum absolute atomic E-state index is 0.00699. The zero-order valence-electron chi connectivity index (χ0n) is 16.0. The lowest BCUT2D eigenvalue weighted by Gasteiger charge is -2.33. The summed E-state index contributed by atoms with van der Waals surface area (Å²) in [5.41, 5.74) is 1.65. The van der Waals surface area contributed by atoms with Crippen LogP contribution in [0.1, 0.15) is 18.6 Å². The molecule has 148 valence electrons. The monoisotopic (exact) mass is 383 g/mol. The highest BCUT2D eigenvalue weighted by Gasteiger charge is 2.30. The van der Waals surface area contributed by atoms with Crippen LogP contribution in [0, 0.1) is 5.92 Å². The number of fused-ring (bicyclic) bond motifs is 1. The van der Waals surface area contributed by atoms with Gasteiger partial charge in [0.05, 0.1) is 19.4 Å². The molecule has 1 saturated heterocycles. The maximum atomic E-state index is 13.1. The van der Waals surface area contributed by atoms with Crippen LogP contribution in [0.2, 0.25) is 0 Å². The molecule has 4 rings (SSSR count). The van der Waals surface area contributed by atoms with Gasteiger partial charge < -0.3 is 23.4 Å². The fourth-order valence-corrected chi connectivity index (χ4v) is 3.63. The fourth-order valence-electron chi connectivity index (χ4n) is 3.63. The molecule has 1 aromatic carbocycles. The zero-order chi connectivity index (χ0) is 19.3. The van der Waals surface area contributed by atoms with Crippen molar-refractivity contribution < 1.29 is 18.4 Å². The molecule has 0 aliphatic carbocycles. The summed E-state index contributed by atoms with van der Waals surface area (Å²) >= 11 is 0. The lowest BCUT2D eigenvalue weighted by atomic mass is 9.95. The molecular weight excluding hydrogens is 358 g/mol. The first kappa shape index (κ1) is 18.6. The van der Waals surface area contributed by atoms with Crippen LogP contribution in [0.3, 0.4) is 0 Å². The highest BCUT2D eigenvalue weighted by atomic mass is 16.5. The molecule has 1 aliphatic heterocycles. The van der Waals surface area contributed by atoms with Gasteiger partial charge in [0.25, 0.3) is 6.01 Å². The van der Waals surface area contributed by atoms with Crippen molar-refractivity contribution in [2.75, 3.05) is 38.3 Å². The molecule has 0 bridgehead atoms. The number of amides is 1. The van der Waals surface area contributed by atoms with Gasteiger partial charge in [-0.25, -0.2) is 0 Å². The second-order valence-electron chi connectivity index (χ2n) is 7.06. The van der Waals surface area contributed by atoms with Gasteiger partial charge in [-0.1, -0.05) is 12.1 Å². The molecule has 0 radical (unpaired) electrons. The number of furan rings is 1. The number of hydrogen-bond acceptors (Lipinski definition) is 6. The number of aromatic nitrogens is 1. The molecule has 0 atom stereocenters.